The van der Waals surface area contributed by atoms with Gasteiger partial charge in [0, 0.05) is 42.2 Å². The lowest BCUT2D eigenvalue weighted by atomic mass is 9.95. The Bertz CT molecular complexity index is 1160. The Kier molecular flexibility index (Phi) is 6.72. The molecule has 2 amide bonds. The van der Waals surface area contributed by atoms with Gasteiger partial charge < -0.3 is 19.9 Å². The number of likely N-dealkylation sites (tertiary alicyclic amines) is 1. The van der Waals surface area contributed by atoms with E-state index in [1.165, 1.54) is 31.4 Å². The van der Waals surface area contributed by atoms with Crippen molar-refractivity contribution in [3.05, 3.63) is 71.7 Å². The summed E-state index contributed by atoms with van der Waals surface area (Å²) in [6.45, 7) is 0.763. The second kappa shape index (κ2) is 9.85. The second-order valence-electron chi connectivity index (χ2n) is 8.25. The van der Waals surface area contributed by atoms with Crippen LogP contribution in [0.25, 0.3) is 10.9 Å². The lowest BCUT2D eigenvalue weighted by molar-refractivity contribution is -0.145. The van der Waals surface area contributed by atoms with Gasteiger partial charge in [0.1, 0.15) is 11.9 Å². The molecule has 2 N–H and O–H groups in total. The summed E-state index contributed by atoms with van der Waals surface area (Å²) in [5, 5.41) is 3.81. The molecule has 1 aromatic heterocycles. The largest absolute Gasteiger partial charge is 0.467 e. The number of carbonyl (C=O) groups excluding carboxylic acids is 3. The SMILES string of the molecule is COC(=O)C(Cc1c[nH]c2ccccc12)NC(=O)C1CCCN(C(=O)c2ccc(F)cc2)C1. The normalized spacial score (nSPS) is 16.9. The van der Waals surface area contributed by atoms with E-state index in [-0.39, 0.29) is 24.8 Å². The summed E-state index contributed by atoms with van der Waals surface area (Å²) < 4.78 is 18.1. The van der Waals surface area contributed by atoms with E-state index < -0.39 is 23.7 Å². The zero-order chi connectivity index (χ0) is 23.4. The fourth-order valence-electron chi connectivity index (χ4n) is 4.30. The van der Waals surface area contributed by atoms with Crippen LogP contribution in [0, 0.1) is 11.7 Å². The van der Waals surface area contributed by atoms with Crippen LogP contribution in [0.1, 0.15) is 28.8 Å². The van der Waals surface area contributed by atoms with E-state index in [1.807, 2.05) is 30.5 Å². The third-order valence-corrected chi connectivity index (χ3v) is 6.07. The summed E-state index contributed by atoms with van der Waals surface area (Å²) in [4.78, 5) is 43.1. The molecular weight excluding hydrogens is 425 g/mol. The molecule has 3 aromatic rings. The third kappa shape index (κ3) is 5.05. The molecular formula is C25H26FN3O4. The van der Waals surface area contributed by atoms with Crippen molar-refractivity contribution in [2.24, 2.45) is 5.92 Å². The van der Waals surface area contributed by atoms with Crippen LogP contribution < -0.4 is 5.32 Å². The first-order chi connectivity index (χ1) is 16.0. The molecule has 0 radical (unpaired) electrons. The van der Waals surface area contributed by atoms with Crippen molar-refractivity contribution in [3.8, 4) is 0 Å². The Morgan fingerprint density at radius 1 is 1.18 bits per heavy atom. The van der Waals surface area contributed by atoms with Crippen LogP contribution >= 0.6 is 0 Å². The van der Waals surface area contributed by atoms with Gasteiger partial charge in [-0.15, -0.1) is 0 Å². The molecule has 33 heavy (non-hydrogen) atoms. The van der Waals surface area contributed by atoms with Gasteiger partial charge in [0.05, 0.1) is 13.0 Å². The first-order valence-electron chi connectivity index (χ1n) is 10.9. The van der Waals surface area contributed by atoms with Crippen LogP contribution in [-0.4, -0.2) is 53.9 Å². The Balaban J connectivity index is 1.44. The first-order valence-corrected chi connectivity index (χ1v) is 10.9. The first kappa shape index (κ1) is 22.5. The predicted octanol–water partition coefficient (Wildman–Crippen LogP) is 3.06. The molecule has 4 rings (SSSR count). The molecule has 2 heterocycles. The van der Waals surface area contributed by atoms with Gasteiger partial charge >= 0.3 is 5.97 Å². The third-order valence-electron chi connectivity index (χ3n) is 6.07. The number of amides is 2. The number of aromatic amines is 1. The van der Waals surface area contributed by atoms with E-state index >= 15 is 0 Å². The highest BCUT2D eigenvalue weighted by molar-refractivity contribution is 5.95. The molecule has 2 unspecified atom stereocenters. The van der Waals surface area contributed by atoms with Crippen molar-refractivity contribution in [1.82, 2.24) is 15.2 Å². The van der Waals surface area contributed by atoms with Crippen molar-refractivity contribution >= 4 is 28.7 Å². The number of hydrogen-bond donors (Lipinski definition) is 2. The molecule has 2 atom stereocenters. The fourth-order valence-corrected chi connectivity index (χ4v) is 4.30. The molecule has 0 spiro atoms. The van der Waals surface area contributed by atoms with Crippen LogP contribution in [0.15, 0.2) is 54.7 Å². The summed E-state index contributed by atoms with van der Waals surface area (Å²) in [6, 6.07) is 12.3. The number of piperidine rings is 1. The van der Waals surface area contributed by atoms with Gasteiger partial charge in [-0.1, -0.05) is 18.2 Å². The molecule has 1 aliphatic rings. The summed E-state index contributed by atoms with van der Waals surface area (Å²) in [5.74, 6) is -1.91. The van der Waals surface area contributed by atoms with Gasteiger partial charge in [0.15, 0.2) is 0 Å². The van der Waals surface area contributed by atoms with Gasteiger partial charge in [-0.25, -0.2) is 9.18 Å². The molecule has 1 saturated heterocycles. The monoisotopic (exact) mass is 451 g/mol. The number of ether oxygens (including phenoxy) is 1. The van der Waals surface area contributed by atoms with Gasteiger partial charge in [0.25, 0.3) is 5.91 Å². The van der Waals surface area contributed by atoms with Gasteiger partial charge in [-0.3, -0.25) is 9.59 Å². The topological polar surface area (TPSA) is 91.5 Å². The van der Waals surface area contributed by atoms with E-state index in [2.05, 4.69) is 10.3 Å². The number of methoxy groups -OCH3 is 1. The summed E-state index contributed by atoms with van der Waals surface area (Å²) in [6.07, 6.45) is 3.39. The van der Waals surface area contributed by atoms with E-state index in [0.717, 1.165) is 16.5 Å². The predicted molar refractivity (Wildman–Crippen MR) is 121 cm³/mol. The summed E-state index contributed by atoms with van der Waals surface area (Å²) in [5.41, 5.74) is 2.23. The maximum absolute atomic E-state index is 13.2. The van der Waals surface area contributed by atoms with E-state index in [0.29, 0.717) is 24.9 Å². The van der Waals surface area contributed by atoms with Gasteiger partial charge in [0.2, 0.25) is 5.91 Å². The quantitative estimate of drug-likeness (QED) is 0.564. The zero-order valence-corrected chi connectivity index (χ0v) is 18.3. The van der Waals surface area contributed by atoms with E-state index in [4.69, 9.17) is 4.74 Å². The second-order valence-corrected chi connectivity index (χ2v) is 8.25. The fraction of sp³-hybridized carbons (Fsp3) is 0.320. The number of benzene rings is 2. The van der Waals surface area contributed by atoms with Crippen molar-refractivity contribution in [3.63, 3.8) is 0 Å². The number of aromatic nitrogens is 1. The number of nitrogens with one attached hydrogen (secondary N) is 2. The number of para-hydroxylation sites is 1. The maximum Gasteiger partial charge on any atom is 0.328 e. The average Bonchev–Trinajstić information content (AvgIpc) is 3.26. The molecule has 0 saturated carbocycles. The highest BCUT2D eigenvalue weighted by Gasteiger charge is 2.32. The molecule has 8 heteroatoms. The van der Waals surface area contributed by atoms with Crippen LogP contribution in [-0.2, 0) is 20.7 Å². The van der Waals surface area contributed by atoms with E-state index in [9.17, 15) is 18.8 Å². The van der Waals surface area contributed by atoms with Crippen molar-refractivity contribution in [2.75, 3.05) is 20.2 Å². The molecule has 2 aromatic carbocycles. The number of hydrogen-bond acceptors (Lipinski definition) is 4. The minimum absolute atomic E-state index is 0.239. The number of carbonyl (C=O) groups is 3. The average molecular weight is 451 g/mol. The Morgan fingerprint density at radius 2 is 1.94 bits per heavy atom. The van der Waals surface area contributed by atoms with Gasteiger partial charge in [-0.05, 0) is 48.7 Å². The standard InChI is InChI=1S/C25H26FN3O4/c1-33-25(32)22(13-18-14-27-21-7-3-2-6-20(18)21)28-23(30)17-5-4-12-29(15-17)24(31)16-8-10-19(26)11-9-16/h2-3,6-11,14,17,22,27H,4-5,12-13,15H2,1H3,(H,28,30). The van der Waals surface area contributed by atoms with Crippen LogP contribution in [0.4, 0.5) is 4.39 Å². The molecule has 7 nitrogen and oxygen atoms in total. The van der Waals surface area contributed by atoms with Crippen molar-refractivity contribution < 1.29 is 23.5 Å². The number of fused-ring (bicyclic) bond motifs is 1. The lowest BCUT2D eigenvalue weighted by Crippen LogP contribution is -2.50. The highest BCUT2D eigenvalue weighted by Crippen LogP contribution is 2.22. The van der Waals surface area contributed by atoms with Crippen LogP contribution in [0.5, 0.6) is 0 Å². The molecule has 1 fully saturated rings. The van der Waals surface area contributed by atoms with E-state index in [1.54, 1.807) is 4.90 Å². The summed E-state index contributed by atoms with van der Waals surface area (Å²) >= 11 is 0. The molecule has 0 bridgehead atoms. The molecule has 0 aliphatic carbocycles. The van der Waals surface area contributed by atoms with Crippen molar-refractivity contribution in [2.45, 2.75) is 25.3 Å². The Morgan fingerprint density at radius 3 is 2.70 bits per heavy atom. The smallest absolute Gasteiger partial charge is 0.328 e. The minimum atomic E-state index is -0.843. The zero-order valence-electron chi connectivity index (χ0n) is 18.3. The number of nitrogens with zero attached hydrogens (tertiary/aromatic N) is 1. The number of halogens is 1. The number of esters is 1. The lowest BCUT2D eigenvalue weighted by Gasteiger charge is -2.32. The number of H-pyrrole nitrogens is 1. The Hall–Kier alpha value is -3.68. The highest BCUT2D eigenvalue weighted by atomic mass is 19.1. The molecule has 172 valence electrons. The Labute approximate surface area is 190 Å². The van der Waals surface area contributed by atoms with Crippen LogP contribution in [0.3, 0.4) is 0 Å². The van der Waals surface area contributed by atoms with Crippen molar-refractivity contribution in [1.29, 1.82) is 0 Å². The summed E-state index contributed by atoms with van der Waals surface area (Å²) in [7, 11) is 1.29. The molecule has 1 aliphatic heterocycles. The maximum atomic E-state index is 13.2. The van der Waals surface area contributed by atoms with Crippen LogP contribution in [0.2, 0.25) is 0 Å². The number of rotatable bonds is 6. The minimum Gasteiger partial charge on any atom is -0.467 e. The van der Waals surface area contributed by atoms with Gasteiger partial charge in [-0.2, -0.15) is 0 Å².